The first kappa shape index (κ1) is 38.2. The zero-order valence-electron chi connectivity index (χ0n) is 29.8. The molecular formula is C40H39F3N6O5S. The van der Waals surface area contributed by atoms with Gasteiger partial charge in [-0.05, 0) is 75.4 Å². The van der Waals surface area contributed by atoms with E-state index in [1.54, 1.807) is 4.68 Å². The van der Waals surface area contributed by atoms with E-state index in [0.717, 1.165) is 39.1 Å². The molecule has 0 radical (unpaired) electrons. The fourth-order valence-electron chi connectivity index (χ4n) is 6.94. The molecule has 5 atom stereocenters. The number of rotatable bonds is 11. The van der Waals surface area contributed by atoms with E-state index in [4.69, 9.17) is 9.47 Å². The van der Waals surface area contributed by atoms with Crippen molar-refractivity contribution in [1.82, 2.24) is 30.4 Å². The third kappa shape index (κ3) is 8.75. The molecule has 4 aromatic carbocycles. The topological polar surface area (TPSA) is 132 Å². The molecule has 7 rings (SSSR count). The van der Waals surface area contributed by atoms with Crippen molar-refractivity contribution in [2.24, 2.45) is 5.92 Å². The SMILES string of the molecule is C[C@H]1[C@@H](CSc2nnnn2-c2ccccc2)O[C@@H](c2cccc(-c3cccc(CNC(=O)[C@@H]4CCCN4C(=O)C(F)(F)F)c3)c2)O[C@H]1c1ccc(CO)cc1. The highest BCUT2D eigenvalue weighted by atomic mass is 32.2. The Morgan fingerprint density at radius 3 is 2.40 bits per heavy atom. The van der Waals surface area contributed by atoms with E-state index in [1.165, 1.54) is 11.8 Å². The predicted octanol–water partition coefficient (Wildman–Crippen LogP) is 6.57. The Morgan fingerprint density at radius 1 is 0.909 bits per heavy atom. The van der Waals surface area contributed by atoms with Crippen LogP contribution in [0.25, 0.3) is 16.8 Å². The van der Waals surface area contributed by atoms with Crippen molar-refractivity contribution >= 4 is 23.6 Å². The maximum atomic E-state index is 13.1. The van der Waals surface area contributed by atoms with Crippen molar-refractivity contribution in [2.75, 3.05) is 12.3 Å². The molecule has 0 aliphatic carbocycles. The average Bonchev–Trinajstić information content (AvgIpc) is 3.90. The number of aliphatic hydroxyl groups is 1. The molecule has 0 unspecified atom stereocenters. The molecule has 5 aromatic rings. The highest BCUT2D eigenvalue weighted by Crippen LogP contribution is 2.43. The standard InChI is InChI=1S/C40H39F3N6O5S/c1-25-34(24-55-39-45-46-47-49(39)32-12-3-2-4-13-32)53-37(54-35(25)28-17-15-26(23-50)16-18-28)31-11-6-10-30(21-31)29-9-5-8-27(20-29)22-44-36(51)33-14-7-19-48(33)38(52)40(41,42)43/h2-6,8-13,15-18,20-21,25,33-35,37,50H,7,14,19,22-24H2,1H3,(H,44,51)/t25-,33-,34+,35+,37+/m0/s1. The van der Waals surface area contributed by atoms with Crippen molar-refractivity contribution < 1.29 is 37.3 Å². The summed E-state index contributed by atoms with van der Waals surface area (Å²) >= 11 is 1.49. The summed E-state index contributed by atoms with van der Waals surface area (Å²) in [4.78, 5) is 25.4. The molecule has 2 saturated heterocycles. The maximum absolute atomic E-state index is 13.1. The van der Waals surface area contributed by atoms with Gasteiger partial charge in [-0.15, -0.1) is 5.10 Å². The third-order valence-corrected chi connectivity index (χ3v) is 10.9. The number of likely N-dealkylation sites (tertiary alicyclic amines) is 1. The number of tetrazole rings is 1. The van der Waals surface area contributed by atoms with Crippen molar-refractivity contribution in [3.63, 3.8) is 0 Å². The maximum Gasteiger partial charge on any atom is 0.471 e. The molecule has 3 heterocycles. The molecule has 2 aliphatic heterocycles. The number of hydrogen-bond acceptors (Lipinski definition) is 9. The van der Waals surface area contributed by atoms with Gasteiger partial charge in [-0.3, -0.25) is 9.59 Å². The average molecular weight is 773 g/mol. The van der Waals surface area contributed by atoms with Gasteiger partial charge < -0.3 is 24.8 Å². The number of ether oxygens (including phenoxy) is 2. The molecule has 286 valence electrons. The lowest BCUT2D eigenvalue weighted by atomic mass is 9.91. The van der Waals surface area contributed by atoms with Gasteiger partial charge in [0.05, 0.1) is 24.5 Å². The van der Waals surface area contributed by atoms with Crippen LogP contribution < -0.4 is 5.32 Å². The molecule has 0 bridgehead atoms. The molecule has 1 aromatic heterocycles. The second kappa shape index (κ2) is 16.7. The van der Waals surface area contributed by atoms with Crippen molar-refractivity contribution in [3.8, 4) is 16.8 Å². The monoisotopic (exact) mass is 772 g/mol. The lowest BCUT2D eigenvalue weighted by Gasteiger charge is -2.41. The number of carbonyl (C=O) groups excluding carboxylic acids is 2. The first-order valence-corrected chi connectivity index (χ1v) is 18.9. The number of amides is 2. The molecule has 55 heavy (non-hydrogen) atoms. The second-order valence-corrected chi connectivity index (χ2v) is 14.5. The number of halogens is 3. The summed E-state index contributed by atoms with van der Waals surface area (Å²) in [6, 6.07) is 31.5. The molecule has 11 nitrogen and oxygen atoms in total. The number of hydrogen-bond donors (Lipinski definition) is 2. The van der Waals surface area contributed by atoms with Crippen LogP contribution in [0.2, 0.25) is 0 Å². The largest absolute Gasteiger partial charge is 0.471 e. The van der Waals surface area contributed by atoms with E-state index in [2.05, 4.69) is 27.8 Å². The smallest absolute Gasteiger partial charge is 0.392 e. The number of alkyl halides is 3. The Balaban J connectivity index is 1.08. The van der Waals surface area contributed by atoms with E-state index >= 15 is 0 Å². The fraction of sp³-hybridized carbons (Fsp3) is 0.325. The lowest BCUT2D eigenvalue weighted by molar-refractivity contribution is -0.268. The van der Waals surface area contributed by atoms with Crippen molar-refractivity contribution in [3.05, 3.63) is 125 Å². The minimum Gasteiger partial charge on any atom is -0.392 e. The highest BCUT2D eigenvalue weighted by molar-refractivity contribution is 7.99. The molecule has 0 saturated carbocycles. The zero-order valence-corrected chi connectivity index (χ0v) is 30.6. The van der Waals surface area contributed by atoms with Gasteiger partial charge in [0.1, 0.15) is 6.04 Å². The normalized spacial score (nSPS) is 21.4. The van der Waals surface area contributed by atoms with Gasteiger partial charge in [-0.25, -0.2) is 0 Å². The first-order valence-electron chi connectivity index (χ1n) is 17.9. The Kier molecular flexibility index (Phi) is 11.6. The van der Waals surface area contributed by atoms with Crippen LogP contribution in [0, 0.1) is 5.92 Å². The fourth-order valence-corrected chi connectivity index (χ4v) is 8.00. The van der Waals surface area contributed by atoms with E-state index in [1.807, 2.05) is 103 Å². The number of para-hydroxylation sites is 1. The summed E-state index contributed by atoms with van der Waals surface area (Å²) in [6.45, 7) is 1.99. The summed E-state index contributed by atoms with van der Waals surface area (Å²) in [5, 5.41) is 25.3. The Bertz CT molecular complexity index is 2100. The molecule has 15 heteroatoms. The number of benzene rings is 4. The van der Waals surface area contributed by atoms with Crippen LogP contribution in [0.3, 0.4) is 0 Å². The van der Waals surface area contributed by atoms with Gasteiger partial charge in [-0.1, -0.05) is 97.5 Å². The Labute approximate surface area is 319 Å². The summed E-state index contributed by atoms with van der Waals surface area (Å²) < 4.78 is 54.4. The quantitative estimate of drug-likeness (QED) is 0.143. The van der Waals surface area contributed by atoms with Crippen LogP contribution in [0.1, 0.15) is 54.4 Å². The van der Waals surface area contributed by atoms with Gasteiger partial charge in [0.15, 0.2) is 6.29 Å². The van der Waals surface area contributed by atoms with Gasteiger partial charge in [0.2, 0.25) is 11.1 Å². The Hall–Kier alpha value is -5.09. The second-order valence-electron chi connectivity index (χ2n) is 13.5. The van der Waals surface area contributed by atoms with Gasteiger partial charge in [0, 0.05) is 30.3 Å². The minimum absolute atomic E-state index is 0.0645. The summed E-state index contributed by atoms with van der Waals surface area (Å²) in [5.41, 5.74) is 5.84. The summed E-state index contributed by atoms with van der Waals surface area (Å²) in [6.07, 6.45) is -5.88. The summed E-state index contributed by atoms with van der Waals surface area (Å²) in [5.74, 6) is -2.14. The van der Waals surface area contributed by atoms with Crippen LogP contribution in [-0.4, -0.2) is 72.6 Å². The van der Waals surface area contributed by atoms with Crippen LogP contribution in [0.4, 0.5) is 13.2 Å². The molecule has 2 amide bonds. The lowest BCUT2D eigenvalue weighted by Crippen LogP contribution is -2.50. The summed E-state index contributed by atoms with van der Waals surface area (Å²) in [7, 11) is 0. The van der Waals surface area contributed by atoms with E-state index < -0.39 is 30.3 Å². The Morgan fingerprint density at radius 2 is 1.65 bits per heavy atom. The zero-order chi connectivity index (χ0) is 38.5. The number of aliphatic hydroxyl groups excluding tert-OH is 1. The van der Waals surface area contributed by atoms with Crippen LogP contribution in [0.15, 0.2) is 108 Å². The van der Waals surface area contributed by atoms with Crippen molar-refractivity contribution in [1.29, 1.82) is 0 Å². The van der Waals surface area contributed by atoms with E-state index in [0.29, 0.717) is 22.2 Å². The highest BCUT2D eigenvalue weighted by Gasteiger charge is 2.47. The van der Waals surface area contributed by atoms with Gasteiger partial charge in [-0.2, -0.15) is 17.9 Å². The van der Waals surface area contributed by atoms with Crippen LogP contribution in [-0.2, 0) is 32.2 Å². The molecule has 2 N–H and O–H groups in total. The number of nitrogens with zero attached hydrogens (tertiary/aromatic N) is 5. The van der Waals surface area contributed by atoms with E-state index in [-0.39, 0.29) is 44.2 Å². The third-order valence-electron chi connectivity index (χ3n) is 9.89. The molecule has 2 fully saturated rings. The number of carbonyl (C=O) groups is 2. The van der Waals surface area contributed by atoms with Crippen molar-refractivity contribution in [2.45, 2.75) is 68.8 Å². The number of thioether (sulfide) groups is 1. The minimum atomic E-state index is -5.03. The molecule has 0 spiro atoms. The van der Waals surface area contributed by atoms with Gasteiger partial charge in [0.25, 0.3) is 0 Å². The number of nitrogens with one attached hydrogen (secondary N) is 1. The van der Waals surface area contributed by atoms with Crippen LogP contribution in [0.5, 0.6) is 0 Å². The van der Waals surface area contributed by atoms with Gasteiger partial charge >= 0.3 is 12.1 Å². The molecule has 2 aliphatic rings. The predicted molar refractivity (Wildman–Crippen MR) is 197 cm³/mol. The first-order chi connectivity index (χ1) is 26.6. The van der Waals surface area contributed by atoms with E-state index in [9.17, 15) is 27.9 Å². The van der Waals surface area contributed by atoms with Crippen LogP contribution >= 0.6 is 11.8 Å². The molecular weight excluding hydrogens is 734 g/mol. The number of aromatic nitrogens is 4.